The fourth-order valence-corrected chi connectivity index (χ4v) is 1.74. The van der Waals surface area contributed by atoms with Gasteiger partial charge >= 0.3 is 5.97 Å². The normalized spacial score (nSPS) is 16.6. The zero-order valence-corrected chi connectivity index (χ0v) is 9.88. The zero-order valence-electron chi connectivity index (χ0n) is 9.06. The summed E-state index contributed by atoms with van der Waals surface area (Å²) in [6, 6.07) is 0. The van der Waals surface area contributed by atoms with Gasteiger partial charge < -0.3 is 14.5 Å². The molecule has 0 saturated carbocycles. The van der Waals surface area contributed by atoms with Crippen molar-refractivity contribution in [3.8, 4) is 0 Å². The third kappa shape index (κ3) is 2.74. The summed E-state index contributed by atoms with van der Waals surface area (Å²) in [6.07, 6.45) is 3.37. The molecule has 0 aliphatic carbocycles. The predicted molar refractivity (Wildman–Crippen MR) is 59.9 cm³/mol. The quantitative estimate of drug-likeness (QED) is 0.798. The molecular weight excluding hydrogens is 232 g/mol. The van der Waals surface area contributed by atoms with Gasteiger partial charge in [0, 0.05) is 5.92 Å². The smallest absolute Gasteiger partial charge is 0.360 e. The SMILES string of the molecule is COC(=O)c1coc(C2CCNCC2)n1.Cl. The second-order valence-electron chi connectivity index (χ2n) is 3.59. The number of ether oxygens (including phenoxy) is 1. The third-order valence-electron chi connectivity index (χ3n) is 2.60. The number of carbonyl (C=O) groups is 1. The molecule has 0 bridgehead atoms. The van der Waals surface area contributed by atoms with Crippen LogP contribution in [0.4, 0.5) is 0 Å². The number of nitrogens with one attached hydrogen (secondary N) is 1. The van der Waals surface area contributed by atoms with E-state index in [4.69, 9.17) is 4.42 Å². The maximum atomic E-state index is 11.2. The van der Waals surface area contributed by atoms with Crippen LogP contribution in [0.25, 0.3) is 0 Å². The van der Waals surface area contributed by atoms with Gasteiger partial charge in [-0.25, -0.2) is 9.78 Å². The first-order valence-corrected chi connectivity index (χ1v) is 5.05. The molecule has 2 heterocycles. The van der Waals surface area contributed by atoms with Crippen molar-refractivity contribution in [1.82, 2.24) is 10.3 Å². The number of rotatable bonds is 2. The Kier molecular flexibility index (Phi) is 4.76. The van der Waals surface area contributed by atoms with E-state index < -0.39 is 5.97 Å². The number of esters is 1. The highest BCUT2D eigenvalue weighted by atomic mass is 35.5. The molecule has 2 rings (SSSR count). The summed E-state index contributed by atoms with van der Waals surface area (Å²) in [6.45, 7) is 1.95. The van der Waals surface area contributed by atoms with E-state index in [2.05, 4.69) is 15.0 Å². The third-order valence-corrected chi connectivity index (χ3v) is 2.60. The fourth-order valence-electron chi connectivity index (χ4n) is 1.74. The molecule has 90 valence electrons. The standard InChI is InChI=1S/C10H14N2O3.ClH/c1-14-10(13)8-6-15-9(12-8)7-2-4-11-5-3-7;/h6-7,11H,2-5H2,1H3;1H. The molecule has 16 heavy (non-hydrogen) atoms. The Hall–Kier alpha value is -1.07. The molecule has 0 aromatic carbocycles. The van der Waals surface area contributed by atoms with E-state index >= 15 is 0 Å². The molecule has 0 amide bonds. The van der Waals surface area contributed by atoms with Gasteiger partial charge in [-0.2, -0.15) is 0 Å². The van der Waals surface area contributed by atoms with Crippen molar-refractivity contribution in [3.05, 3.63) is 17.8 Å². The predicted octanol–water partition coefficient (Wildman–Crippen LogP) is 1.35. The number of aromatic nitrogens is 1. The van der Waals surface area contributed by atoms with Gasteiger partial charge in [0.2, 0.25) is 0 Å². The van der Waals surface area contributed by atoms with Gasteiger partial charge in [0.25, 0.3) is 0 Å². The van der Waals surface area contributed by atoms with Crippen molar-refractivity contribution in [2.45, 2.75) is 18.8 Å². The lowest BCUT2D eigenvalue weighted by atomic mass is 9.98. The molecule has 1 saturated heterocycles. The molecule has 0 radical (unpaired) electrons. The average Bonchev–Trinajstić information content (AvgIpc) is 2.78. The first-order chi connectivity index (χ1) is 7.31. The maximum Gasteiger partial charge on any atom is 0.360 e. The van der Waals surface area contributed by atoms with Crippen LogP contribution < -0.4 is 5.32 Å². The Bertz CT molecular complexity index is 348. The molecule has 1 aromatic rings. The Morgan fingerprint density at radius 1 is 1.56 bits per heavy atom. The Morgan fingerprint density at radius 3 is 2.88 bits per heavy atom. The number of nitrogens with zero attached hydrogens (tertiary/aromatic N) is 1. The highest BCUT2D eigenvalue weighted by molar-refractivity contribution is 5.86. The topological polar surface area (TPSA) is 64.4 Å². The first-order valence-electron chi connectivity index (χ1n) is 5.05. The van der Waals surface area contributed by atoms with Crippen LogP contribution in [0.2, 0.25) is 0 Å². The van der Waals surface area contributed by atoms with Crippen LogP contribution in [-0.4, -0.2) is 31.2 Å². The number of oxazole rings is 1. The number of hydrogen-bond donors (Lipinski definition) is 1. The van der Waals surface area contributed by atoms with Crippen molar-refractivity contribution < 1.29 is 13.9 Å². The Labute approximate surface area is 100.0 Å². The summed E-state index contributed by atoms with van der Waals surface area (Å²) in [5.74, 6) is 0.528. The van der Waals surface area contributed by atoms with Gasteiger partial charge in [-0.3, -0.25) is 0 Å². The molecular formula is C10H15ClN2O3. The maximum absolute atomic E-state index is 11.2. The molecule has 1 aromatic heterocycles. The molecule has 1 fully saturated rings. The Morgan fingerprint density at radius 2 is 2.25 bits per heavy atom. The number of methoxy groups -OCH3 is 1. The van der Waals surface area contributed by atoms with Crippen LogP contribution >= 0.6 is 12.4 Å². The molecule has 0 spiro atoms. The van der Waals surface area contributed by atoms with Crippen molar-refractivity contribution in [2.24, 2.45) is 0 Å². The van der Waals surface area contributed by atoms with E-state index in [1.54, 1.807) is 0 Å². The van der Waals surface area contributed by atoms with Crippen LogP contribution in [-0.2, 0) is 4.74 Å². The molecule has 1 aliphatic rings. The molecule has 5 nitrogen and oxygen atoms in total. The monoisotopic (exact) mass is 246 g/mol. The van der Waals surface area contributed by atoms with Crippen LogP contribution in [0.1, 0.15) is 35.1 Å². The van der Waals surface area contributed by atoms with Crippen LogP contribution in [0, 0.1) is 0 Å². The zero-order chi connectivity index (χ0) is 10.7. The summed E-state index contributed by atoms with van der Waals surface area (Å²) in [5, 5.41) is 3.26. The second-order valence-corrected chi connectivity index (χ2v) is 3.59. The first kappa shape index (κ1) is 13.0. The second kappa shape index (κ2) is 5.86. The molecule has 0 atom stereocenters. The molecule has 6 heteroatoms. The molecule has 0 unspecified atom stereocenters. The van der Waals surface area contributed by atoms with E-state index in [-0.39, 0.29) is 18.1 Å². The number of piperidine rings is 1. The van der Waals surface area contributed by atoms with Gasteiger partial charge in [-0.1, -0.05) is 0 Å². The molecule has 1 N–H and O–H groups in total. The lowest BCUT2D eigenvalue weighted by Crippen LogP contribution is -2.26. The summed E-state index contributed by atoms with van der Waals surface area (Å²) >= 11 is 0. The van der Waals surface area contributed by atoms with E-state index in [1.165, 1.54) is 13.4 Å². The minimum atomic E-state index is -0.445. The average molecular weight is 247 g/mol. The van der Waals surface area contributed by atoms with Gasteiger partial charge in [-0.05, 0) is 25.9 Å². The van der Waals surface area contributed by atoms with Crippen LogP contribution in [0.15, 0.2) is 10.7 Å². The van der Waals surface area contributed by atoms with Gasteiger partial charge in [0.05, 0.1) is 7.11 Å². The number of hydrogen-bond acceptors (Lipinski definition) is 5. The van der Waals surface area contributed by atoms with Crippen molar-refractivity contribution in [1.29, 1.82) is 0 Å². The lowest BCUT2D eigenvalue weighted by Gasteiger charge is -2.19. The summed E-state index contributed by atoms with van der Waals surface area (Å²) in [4.78, 5) is 15.3. The van der Waals surface area contributed by atoms with Gasteiger partial charge in [-0.15, -0.1) is 12.4 Å². The Balaban J connectivity index is 0.00000128. The lowest BCUT2D eigenvalue weighted by molar-refractivity contribution is 0.0594. The van der Waals surface area contributed by atoms with Crippen molar-refractivity contribution >= 4 is 18.4 Å². The summed E-state index contributed by atoms with van der Waals surface area (Å²) < 4.78 is 9.85. The largest absolute Gasteiger partial charge is 0.464 e. The van der Waals surface area contributed by atoms with Crippen molar-refractivity contribution in [2.75, 3.05) is 20.2 Å². The van der Waals surface area contributed by atoms with E-state index in [0.717, 1.165) is 25.9 Å². The molecule has 1 aliphatic heterocycles. The van der Waals surface area contributed by atoms with Gasteiger partial charge in [0.15, 0.2) is 11.6 Å². The van der Waals surface area contributed by atoms with Crippen LogP contribution in [0.3, 0.4) is 0 Å². The van der Waals surface area contributed by atoms with E-state index in [0.29, 0.717) is 11.8 Å². The van der Waals surface area contributed by atoms with Gasteiger partial charge in [0.1, 0.15) is 6.26 Å². The number of halogens is 1. The number of carbonyl (C=O) groups excluding carboxylic acids is 1. The van der Waals surface area contributed by atoms with Crippen molar-refractivity contribution in [3.63, 3.8) is 0 Å². The summed E-state index contributed by atoms with van der Waals surface area (Å²) in [7, 11) is 1.33. The van der Waals surface area contributed by atoms with Crippen LogP contribution in [0.5, 0.6) is 0 Å². The minimum Gasteiger partial charge on any atom is -0.464 e. The summed E-state index contributed by atoms with van der Waals surface area (Å²) in [5.41, 5.74) is 0.256. The highest BCUT2D eigenvalue weighted by Gasteiger charge is 2.21. The minimum absolute atomic E-state index is 0. The van der Waals surface area contributed by atoms with E-state index in [9.17, 15) is 4.79 Å². The highest BCUT2D eigenvalue weighted by Crippen LogP contribution is 2.24. The fraction of sp³-hybridized carbons (Fsp3) is 0.600. The van der Waals surface area contributed by atoms with E-state index in [1.807, 2.05) is 0 Å².